The standard InChI is InChI=1S/C18H26ClN3O2S.HI/c1-17(2)13-22(9-10-25(17,23)24)16(20-3)21-12-18(7-8-18)14-5-4-6-15(19)11-14;/h4-6,11H,7-10,12-13H2,1-3H3,(H,20,21);1H. The van der Waals surface area contributed by atoms with E-state index < -0.39 is 14.6 Å². The Balaban J connectivity index is 0.00000243. The molecule has 1 aromatic rings. The van der Waals surface area contributed by atoms with Crippen molar-refractivity contribution in [2.45, 2.75) is 36.9 Å². The van der Waals surface area contributed by atoms with Crippen molar-refractivity contribution in [2.75, 3.05) is 32.4 Å². The molecule has 3 rings (SSSR count). The predicted molar refractivity (Wildman–Crippen MR) is 119 cm³/mol. The van der Waals surface area contributed by atoms with E-state index in [0.717, 1.165) is 30.4 Å². The Morgan fingerprint density at radius 2 is 2.04 bits per heavy atom. The summed E-state index contributed by atoms with van der Waals surface area (Å²) in [5.74, 6) is 0.941. The van der Waals surface area contributed by atoms with Crippen LogP contribution in [0.5, 0.6) is 0 Å². The number of hydrogen-bond acceptors (Lipinski definition) is 3. The zero-order valence-corrected chi connectivity index (χ0v) is 19.4. The third-order valence-corrected chi connectivity index (χ3v) is 8.20. The highest BCUT2D eigenvalue weighted by molar-refractivity contribution is 14.0. The van der Waals surface area contributed by atoms with E-state index in [1.807, 2.05) is 18.2 Å². The van der Waals surface area contributed by atoms with E-state index in [1.165, 1.54) is 5.56 Å². The Kier molecular flexibility index (Phi) is 6.55. The van der Waals surface area contributed by atoms with Gasteiger partial charge in [-0.15, -0.1) is 24.0 Å². The Bertz CT molecular complexity index is 791. The zero-order valence-electron chi connectivity index (χ0n) is 15.5. The summed E-state index contributed by atoms with van der Waals surface area (Å²) < 4.78 is 23.7. The van der Waals surface area contributed by atoms with Crippen molar-refractivity contribution in [1.29, 1.82) is 0 Å². The molecule has 26 heavy (non-hydrogen) atoms. The van der Waals surface area contributed by atoms with E-state index in [2.05, 4.69) is 21.3 Å². The first-order valence-electron chi connectivity index (χ1n) is 8.63. The van der Waals surface area contributed by atoms with E-state index in [1.54, 1.807) is 20.9 Å². The first kappa shape index (κ1) is 21.8. The van der Waals surface area contributed by atoms with Gasteiger partial charge in [0.15, 0.2) is 15.8 Å². The molecule has 0 unspecified atom stereocenters. The maximum atomic E-state index is 12.2. The van der Waals surface area contributed by atoms with Crippen molar-refractivity contribution in [2.24, 2.45) is 4.99 Å². The quantitative estimate of drug-likeness (QED) is 0.385. The Morgan fingerprint density at radius 1 is 1.35 bits per heavy atom. The lowest BCUT2D eigenvalue weighted by molar-refractivity contribution is 0.352. The fraction of sp³-hybridized carbons (Fsp3) is 0.611. The molecule has 0 bridgehead atoms. The summed E-state index contributed by atoms with van der Waals surface area (Å²) in [7, 11) is -1.31. The number of benzene rings is 1. The number of nitrogens with zero attached hydrogens (tertiary/aromatic N) is 2. The van der Waals surface area contributed by atoms with Crippen LogP contribution >= 0.6 is 35.6 Å². The van der Waals surface area contributed by atoms with Gasteiger partial charge in [-0.1, -0.05) is 23.7 Å². The van der Waals surface area contributed by atoms with Gasteiger partial charge >= 0.3 is 0 Å². The summed E-state index contributed by atoms with van der Waals surface area (Å²) in [5.41, 5.74) is 1.36. The lowest BCUT2D eigenvalue weighted by Gasteiger charge is -2.39. The van der Waals surface area contributed by atoms with Crippen molar-refractivity contribution in [1.82, 2.24) is 10.2 Å². The van der Waals surface area contributed by atoms with Gasteiger partial charge in [0.2, 0.25) is 0 Å². The highest BCUT2D eigenvalue weighted by Gasteiger charge is 2.45. The van der Waals surface area contributed by atoms with Crippen molar-refractivity contribution >= 4 is 51.4 Å². The summed E-state index contributed by atoms with van der Waals surface area (Å²) in [6.07, 6.45) is 2.24. The van der Waals surface area contributed by atoms with Crippen LogP contribution in [-0.2, 0) is 15.3 Å². The molecule has 1 aliphatic heterocycles. The molecular weight excluding hydrogens is 485 g/mol. The monoisotopic (exact) mass is 511 g/mol. The minimum Gasteiger partial charge on any atom is -0.355 e. The topological polar surface area (TPSA) is 61.8 Å². The van der Waals surface area contributed by atoms with Crippen LogP contribution in [0, 0.1) is 0 Å². The summed E-state index contributed by atoms with van der Waals surface area (Å²) in [5, 5.41) is 4.22. The number of halogens is 2. The van der Waals surface area contributed by atoms with Crippen LogP contribution in [0.3, 0.4) is 0 Å². The van der Waals surface area contributed by atoms with Crippen LogP contribution in [0.4, 0.5) is 0 Å². The molecule has 0 aromatic heterocycles. The molecule has 1 saturated carbocycles. The highest BCUT2D eigenvalue weighted by Crippen LogP contribution is 2.48. The minimum absolute atomic E-state index is 0. The number of guanidine groups is 1. The fourth-order valence-electron chi connectivity index (χ4n) is 3.44. The van der Waals surface area contributed by atoms with Gasteiger partial charge < -0.3 is 10.2 Å². The maximum absolute atomic E-state index is 12.2. The molecule has 0 atom stereocenters. The molecule has 1 saturated heterocycles. The molecule has 1 aromatic carbocycles. The second kappa shape index (κ2) is 7.83. The van der Waals surface area contributed by atoms with Gasteiger partial charge in [-0.25, -0.2) is 8.42 Å². The Hall–Kier alpha value is -0.540. The van der Waals surface area contributed by atoms with E-state index in [0.29, 0.717) is 13.1 Å². The second-order valence-corrected chi connectivity index (χ2v) is 10.9. The SMILES string of the molecule is CN=C(NCC1(c2cccc(Cl)c2)CC1)N1CCS(=O)(=O)C(C)(C)C1.I. The molecule has 8 heteroatoms. The molecular formula is C18H27ClIN3O2S. The number of hydrogen-bond donors (Lipinski definition) is 1. The van der Waals surface area contributed by atoms with Crippen molar-refractivity contribution in [3.05, 3.63) is 34.9 Å². The minimum atomic E-state index is -3.05. The molecule has 1 aliphatic carbocycles. The van der Waals surface area contributed by atoms with Crippen molar-refractivity contribution < 1.29 is 8.42 Å². The number of sulfone groups is 1. The molecule has 1 heterocycles. The van der Waals surface area contributed by atoms with Gasteiger partial charge in [-0.3, -0.25) is 4.99 Å². The lowest BCUT2D eigenvalue weighted by atomic mass is 9.96. The summed E-state index contributed by atoms with van der Waals surface area (Å²) >= 11 is 6.14. The first-order chi connectivity index (χ1) is 11.7. The fourth-order valence-corrected chi connectivity index (χ4v) is 5.00. The Labute approximate surface area is 178 Å². The summed E-state index contributed by atoms with van der Waals surface area (Å²) in [4.78, 5) is 6.43. The van der Waals surface area contributed by atoms with Crippen LogP contribution in [0.15, 0.2) is 29.3 Å². The van der Waals surface area contributed by atoms with Gasteiger partial charge in [0.05, 0.1) is 10.5 Å². The van der Waals surface area contributed by atoms with Gasteiger partial charge in [0, 0.05) is 37.1 Å². The van der Waals surface area contributed by atoms with E-state index >= 15 is 0 Å². The van der Waals surface area contributed by atoms with E-state index in [-0.39, 0.29) is 35.1 Å². The van der Waals surface area contributed by atoms with Gasteiger partial charge in [0.1, 0.15) is 0 Å². The number of nitrogens with one attached hydrogen (secondary N) is 1. The highest BCUT2D eigenvalue weighted by atomic mass is 127. The second-order valence-electron chi connectivity index (χ2n) is 7.69. The van der Waals surface area contributed by atoms with E-state index in [4.69, 9.17) is 11.6 Å². The third-order valence-electron chi connectivity index (χ3n) is 5.43. The van der Waals surface area contributed by atoms with Crippen LogP contribution in [-0.4, -0.2) is 56.5 Å². The van der Waals surface area contributed by atoms with Crippen LogP contribution in [0.2, 0.25) is 5.02 Å². The molecule has 1 N–H and O–H groups in total. The van der Waals surface area contributed by atoms with Crippen LogP contribution in [0.25, 0.3) is 0 Å². The predicted octanol–water partition coefficient (Wildman–Crippen LogP) is 3.07. The molecule has 2 aliphatic rings. The number of rotatable bonds is 3. The third kappa shape index (κ3) is 4.30. The Morgan fingerprint density at radius 3 is 2.58 bits per heavy atom. The van der Waals surface area contributed by atoms with E-state index in [9.17, 15) is 8.42 Å². The first-order valence-corrected chi connectivity index (χ1v) is 10.7. The molecule has 5 nitrogen and oxygen atoms in total. The van der Waals surface area contributed by atoms with Crippen molar-refractivity contribution in [3.63, 3.8) is 0 Å². The lowest BCUT2D eigenvalue weighted by Crippen LogP contribution is -2.57. The average Bonchev–Trinajstić information content (AvgIpc) is 3.32. The largest absolute Gasteiger partial charge is 0.355 e. The molecule has 0 amide bonds. The molecule has 0 spiro atoms. The zero-order chi connectivity index (χ0) is 18.3. The van der Waals surface area contributed by atoms with Gasteiger partial charge in [-0.2, -0.15) is 0 Å². The van der Waals surface area contributed by atoms with Gasteiger partial charge in [0.25, 0.3) is 0 Å². The van der Waals surface area contributed by atoms with Crippen LogP contribution < -0.4 is 5.32 Å². The van der Waals surface area contributed by atoms with Gasteiger partial charge in [-0.05, 0) is 44.4 Å². The molecule has 0 radical (unpaired) electrons. The molecule has 2 fully saturated rings. The van der Waals surface area contributed by atoms with Crippen LogP contribution in [0.1, 0.15) is 32.3 Å². The summed E-state index contributed by atoms with van der Waals surface area (Å²) in [6.45, 7) is 5.30. The average molecular weight is 512 g/mol. The number of aliphatic imine (C=N–C) groups is 1. The summed E-state index contributed by atoms with van der Waals surface area (Å²) in [6, 6.07) is 8.05. The van der Waals surface area contributed by atoms with Crippen molar-refractivity contribution in [3.8, 4) is 0 Å². The molecule has 146 valence electrons. The maximum Gasteiger partial charge on any atom is 0.193 e. The normalized spacial score (nSPS) is 23.1. The smallest absolute Gasteiger partial charge is 0.193 e.